The van der Waals surface area contributed by atoms with E-state index in [0.717, 1.165) is 60.3 Å². The molecule has 4 aromatic carbocycles. The molecule has 2 heterocycles. The molecule has 5 N–H and O–H groups in total. The summed E-state index contributed by atoms with van der Waals surface area (Å²) < 4.78 is 159. The third-order valence-corrected chi connectivity index (χ3v) is 17.8. The van der Waals surface area contributed by atoms with Crippen LogP contribution in [-0.2, 0) is 61.2 Å². The van der Waals surface area contributed by atoms with E-state index in [2.05, 4.69) is 35.1 Å². The number of rotatable bonds is 20. The van der Waals surface area contributed by atoms with Gasteiger partial charge >= 0.3 is 0 Å². The molecule has 0 aliphatic carbocycles. The Hall–Kier alpha value is -4.23. The first kappa shape index (κ1) is 52.1. The summed E-state index contributed by atoms with van der Waals surface area (Å²) in [5, 5.41) is 1.63. The number of allylic oxidation sites excluding steroid dienone is 5. The van der Waals surface area contributed by atoms with E-state index < -0.39 is 95.1 Å². The third kappa shape index (κ3) is 11.0. The van der Waals surface area contributed by atoms with Gasteiger partial charge in [-0.3, -0.25) is 13.7 Å². The van der Waals surface area contributed by atoms with Crippen LogP contribution >= 0.6 is 0 Å². The van der Waals surface area contributed by atoms with Crippen LogP contribution in [0.25, 0.3) is 21.5 Å². The summed E-state index contributed by atoms with van der Waals surface area (Å²) in [5.74, 6) is -1.52. The zero-order valence-corrected chi connectivity index (χ0v) is 42.2. The fraction of sp³-hybridized carbons (Fsp3) is 0.422. The minimum atomic E-state index is -5.01. The van der Waals surface area contributed by atoms with Crippen molar-refractivity contribution in [2.24, 2.45) is 0 Å². The smallest absolute Gasteiger partial charge is 0.294 e. The maximum absolute atomic E-state index is 13.6. The summed E-state index contributed by atoms with van der Waals surface area (Å²) in [5.41, 5.74) is 2.44. The van der Waals surface area contributed by atoms with Gasteiger partial charge in [0.25, 0.3) is 30.4 Å². The molecule has 0 saturated heterocycles. The van der Waals surface area contributed by atoms with E-state index in [-0.39, 0.29) is 35.2 Å². The topological polar surface area (TPSA) is 262 Å². The monoisotopic (exact) mass is 1020 g/mol. The quantitative estimate of drug-likeness (QED) is 0.0363. The lowest BCUT2D eigenvalue weighted by atomic mass is 9.78. The molecule has 366 valence electrons. The molecule has 0 amide bonds. The van der Waals surface area contributed by atoms with E-state index in [1.54, 1.807) is 25.1 Å². The Balaban J connectivity index is 1.43. The highest BCUT2D eigenvalue weighted by Crippen LogP contribution is 2.52. The summed E-state index contributed by atoms with van der Waals surface area (Å²) in [6.07, 6.45) is 12.4. The molecule has 2 aliphatic rings. The van der Waals surface area contributed by atoms with Crippen molar-refractivity contribution < 1.29 is 55.7 Å². The second kappa shape index (κ2) is 19.3. The van der Waals surface area contributed by atoms with Crippen molar-refractivity contribution in [2.45, 2.75) is 98.8 Å². The molecule has 22 heteroatoms. The largest absolute Gasteiger partial charge is 0.364 e. The van der Waals surface area contributed by atoms with Crippen LogP contribution in [0.1, 0.15) is 78.4 Å². The number of unbranched alkanes of at least 4 members (excludes halogenated alkanes) is 2. The minimum absolute atomic E-state index is 0.0121. The summed E-state index contributed by atoms with van der Waals surface area (Å²) in [6, 6.07) is 13.6. The van der Waals surface area contributed by atoms with Gasteiger partial charge in [-0.1, -0.05) is 103 Å². The molecule has 1 atom stereocenters. The van der Waals surface area contributed by atoms with E-state index >= 15 is 0 Å². The lowest BCUT2D eigenvalue weighted by Gasteiger charge is -2.32. The van der Waals surface area contributed by atoms with Gasteiger partial charge in [0, 0.05) is 64.9 Å². The standard InChI is InChI=1S/C45H58N4O13S5/c1-7-9-13-25-48-36-22-20-32-34(16-14-17-38(32)65(56,57)46-8-2)42(36)44(3,4)40(48)18-11-10-12-19-41-45(5,6)43-35-29-31(67(60,61)62)30-39(66(58,59)47-24-28-64(53,54)55)33(35)21-23-37(43)49(41)26-15-27-63(50,51)52/h10-12,14,16-23,29-30,41,46-47H,7-9,13,15,24-28H2,1-6H3,(H,50,51,52)(H,53,54,55)(H,60,61,62). The average molecular weight is 1020 g/mol. The number of fused-ring (bicyclic) bond motifs is 6. The van der Waals surface area contributed by atoms with Gasteiger partial charge < -0.3 is 9.80 Å². The van der Waals surface area contributed by atoms with Gasteiger partial charge in [0.2, 0.25) is 20.0 Å². The zero-order valence-electron chi connectivity index (χ0n) is 38.1. The van der Waals surface area contributed by atoms with E-state index in [4.69, 9.17) is 0 Å². The van der Waals surface area contributed by atoms with E-state index in [0.29, 0.717) is 16.6 Å². The van der Waals surface area contributed by atoms with Gasteiger partial charge in [0.1, 0.15) is 0 Å². The first-order valence-corrected chi connectivity index (χ1v) is 29.3. The summed E-state index contributed by atoms with van der Waals surface area (Å²) in [6.45, 7) is 12.1. The normalized spacial score (nSPS) is 18.3. The SMILES string of the molecule is CCCCCN1C(=CC=CC=CC2N(CCCS(=O)(=O)O)c3ccc4c(S(=O)(=O)NCCS(=O)(=O)O)cc(S(=O)(=O)O)cc4c3C2(C)C)C(C)(C)c2c1ccc1c(S(=O)(=O)NCC)cccc21. The Kier molecular flexibility index (Phi) is 15.0. The minimum Gasteiger partial charge on any atom is -0.364 e. The maximum Gasteiger partial charge on any atom is 0.294 e. The number of anilines is 2. The number of nitrogens with one attached hydrogen (secondary N) is 2. The molecular weight excluding hydrogens is 965 g/mol. The molecule has 4 aromatic rings. The molecule has 6 rings (SSSR count). The van der Waals surface area contributed by atoms with Gasteiger partial charge in [-0.15, -0.1) is 0 Å². The Bertz CT molecular complexity index is 3260. The molecule has 0 spiro atoms. The predicted molar refractivity (Wildman–Crippen MR) is 262 cm³/mol. The zero-order chi connectivity index (χ0) is 49.5. The van der Waals surface area contributed by atoms with Gasteiger partial charge in [-0.2, -0.15) is 25.3 Å². The van der Waals surface area contributed by atoms with E-state index in [1.807, 2.05) is 67.3 Å². The lowest BCUT2D eigenvalue weighted by Crippen LogP contribution is -2.40. The van der Waals surface area contributed by atoms with Crippen LogP contribution in [-0.4, -0.2) is 99.5 Å². The fourth-order valence-corrected chi connectivity index (χ4v) is 13.6. The molecule has 0 aromatic heterocycles. The first-order chi connectivity index (χ1) is 31.1. The molecule has 0 radical (unpaired) electrons. The molecular formula is C45H58N4O13S5. The highest BCUT2D eigenvalue weighted by atomic mass is 32.2. The lowest BCUT2D eigenvalue weighted by molar-refractivity contribution is 0.468. The van der Waals surface area contributed by atoms with Crippen LogP contribution in [0.3, 0.4) is 0 Å². The second-order valence-electron chi connectivity index (χ2n) is 17.8. The van der Waals surface area contributed by atoms with Gasteiger partial charge in [-0.25, -0.2) is 26.3 Å². The number of hydrogen-bond donors (Lipinski definition) is 5. The van der Waals surface area contributed by atoms with Gasteiger partial charge in [0.05, 0.1) is 32.2 Å². The van der Waals surface area contributed by atoms with Crippen LogP contribution < -0.4 is 19.2 Å². The third-order valence-electron chi connectivity index (χ3n) is 12.3. The van der Waals surface area contributed by atoms with Crippen LogP contribution in [0.15, 0.2) is 105 Å². The number of sulfonamides is 2. The van der Waals surface area contributed by atoms with Gasteiger partial charge in [0.15, 0.2) is 0 Å². The van der Waals surface area contributed by atoms with Crippen LogP contribution in [0, 0.1) is 0 Å². The van der Waals surface area contributed by atoms with E-state index in [9.17, 15) is 55.7 Å². The Labute approximate surface area is 394 Å². The Morgan fingerprint density at radius 1 is 0.642 bits per heavy atom. The second-order valence-corrected chi connectivity index (χ2v) is 25.8. The fourth-order valence-electron chi connectivity index (χ4n) is 9.48. The molecule has 1 unspecified atom stereocenters. The molecule has 67 heavy (non-hydrogen) atoms. The van der Waals surface area contributed by atoms with Crippen molar-refractivity contribution in [3.05, 3.63) is 102 Å². The van der Waals surface area contributed by atoms with Crippen molar-refractivity contribution in [1.29, 1.82) is 0 Å². The highest BCUT2D eigenvalue weighted by Gasteiger charge is 2.45. The Morgan fingerprint density at radius 2 is 1.28 bits per heavy atom. The summed E-state index contributed by atoms with van der Waals surface area (Å²) in [7, 11) is -22.4. The maximum atomic E-state index is 13.6. The van der Waals surface area contributed by atoms with E-state index in [1.165, 1.54) is 6.07 Å². The number of hydrogen-bond acceptors (Lipinski definition) is 12. The molecule has 17 nitrogen and oxygen atoms in total. The summed E-state index contributed by atoms with van der Waals surface area (Å²) >= 11 is 0. The Morgan fingerprint density at radius 3 is 1.91 bits per heavy atom. The molecule has 0 bridgehead atoms. The number of nitrogens with zero attached hydrogens (tertiary/aromatic N) is 2. The van der Waals surface area contributed by atoms with Crippen LogP contribution in [0.4, 0.5) is 11.4 Å². The van der Waals surface area contributed by atoms with Crippen molar-refractivity contribution >= 4 is 83.3 Å². The average Bonchev–Trinajstić information content (AvgIpc) is 3.56. The molecule has 2 aliphatic heterocycles. The van der Waals surface area contributed by atoms with Gasteiger partial charge in [-0.05, 0) is 71.1 Å². The molecule has 0 saturated carbocycles. The summed E-state index contributed by atoms with van der Waals surface area (Å²) in [4.78, 5) is 3.04. The van der Waals surface area contributed by atoms with Crippen molar-refractivity contribution in [3.8, 4) is 0 Å². The predicted octanol–water partition coefficient (Wildman–Crippen LogP) is 6.43. The molecule has 0 fully saturated rings. The first-order valence-electron chi connectivity index (χ1n) is 21.7. The highest BCUT2D eigenvalue weighted by molar-refractivity contribution is 7.90. The van der Waals surface area contributed by atoms with Crippen LogP contribution in [0.2, 0.25) is 0 Å². The van der Waals surface area contributed by atoms with Crippen LogP contribution in [0.5, 0.6) is 0 Å². The van der Waals surface area contributed by atoms with Crippen molar-refractivity contribution in [2.75, 3.05) is 47.5 Å². The van der Waals surface area contributed by atoms with Crippen molar-refractivity contribution in [3.63, 3.8) is 0 Å². The van der Waals surface area contributed by atoms with Crippen molar-refractivity contribution in [1.82, 2.24) is 9.44 Å². The number of benzene rings is 4.